The molecule has 0 atom stereocenters. The number of fused-ring (bicyclic) bond motifs is 1. The number of rotatable bonds is 2. The van der Waals surface area contributed by atoms with Gasteiger partial charge in [0.2, 0.25) is 0 Å². The van der Waals surface area contributed by atoms with E-state index in [1.165, 1.54) is 10.5 Å². The fourth-order valence-electron chi connectivity index (χ4n) is 2.36. The maximum atomic E-state index is 12.6. The molecular formula is C12H14N4O2S. The molecule has 0 saturated carbocycles. The third-order valence-corrected chi connectivity index (χ3v) is 5.11. The zero-order valence-electron chi connectivity index (χ0n) is 10.2. The number of sulfonamides is 1. The Morgan fingerprint density at radius 3 is 2.84 bits per heavy atom. The van der Waals surface area contributed by atoms with Gasteiger partial charge in [0.15, 0.2) is 0 Å². The van der Waals surface area contributed by atoms with E-state index in [2.05, 4.69) is 10.2 Å². The maximum absolute atomic E-state index is 12.6. The molecule has 6 nitrogen and oxygen atoms in total. The van der Waals surface area contributed by atoms with Crippen LogP contribution in [0.5, 0.6) is 0 Å². The van der Waals surface area contributed by atoms with Crippen LogP contribution in [-0.2, 0) is 16.4 Å². The molecule has 0 fully saturated rings. The van der Waals surface area contributed by atoms with E-state index >= 15 is 0 Å². The molecule has 1 aromatic carbocycles. The molecule has 1 aliphatic heterocycles. The van der Waals surface area contributed by atoms with Gasteiger partial charge in [0.1, 0.15) is 10.7 Å². The lowest BCUT2D eigenvalue weighted by molar-refractivity contribution is 0.587. The lowest BCUT2D eigenvalue weighted by Crippen LogP contribution is -2.35. The number of para-hydroxylation sites is 1. The van der Waals surface area contributed by atoms with Crippen LogP contribution in [0.15, 0.2) is 35.4 Å². The van der Waals surface area contributed by atoms with Crippen molar-refractivity contribution in [2.45, 2.75) is 17.7 Å². The molecule has 19 heavy (non-hydrogen) atoms. The van der Waals surface area contributed by atoms with Gasteiger partial charge in [-0.05, 0) is 24.5 Å². The topological polar surface area (TPSA) is 92.1 Å². The molecule has 0 radical (unpaired) electrons. The lowest BCUT2D eigenvalue weighted by atomic mass is 10.0. The Hall–Kier alpha value is -2.02. The van der Waals surface area contributed by atoms with E-state index in [9.17, 15) is 8.42 Å². The number of aryl methyl sites for hydroxylation is 1. The first-order valence-electron chi connectivity index (χ1n) is 6.00. The highest BCUT2D eigenvalue weighted by molar-refractivity contribution is 7.93. The van der Waals surface area contributed by atoms with Crippen molar-refractivity contribution in [1.82, 2.24) is 10.2 Å². The van der Waals surface area contributed by atoms with Gasteiger partial charge in [-0.1, -0.05) is 18.2 Å². The molecule has 0 saturated heterocycles. The van der Waals surface area contributed by atoms with Crippen molar-refractivity contribution in [3.8, 4) is 0 Å². The van der Waals surface area contributed by atoms with Gasteiger partial charge < -0.3 is 5.73 Å². The van der Waals surface area contributed by atoms with Gasteiger partial charge >= 0.3 is 0 Å². The molecule has 1 aliphatic rings. The van der Waals surface area contributed by atoms with Crippen LogP contribution in [-0.4, -0.2) is 25.2 Å². The molecule has 100 valence electrons. The number of aromatic amines is 1. The van der Waals surface area contributed by atoms with Crippen LogP contribution in [0.1, 0.15) is 12.0 Å². The van der Waals surface area contributed by atoms with Crippen LogP contribution in [0.3, 0.4) is 0 Å². The number of nitrogens with two attached hydrogens (primary N) is 1. The Morgan fingerprint density at radius 2 is 2.11 bits per heavy atom. The van der Waals surface area contributed by atoms with Crippen molar-refractivity contribution in [2.75, 3.05) is 16.6 Å². The monoisotopic (exact) mass is 278 g/mol. The van der Waals surface area contributed by atoms with Crippen LogP contribution < -0.4 is 10.0 Å². The zero-order chi connectivity index (χ0) is 13.5. The first kappa shape index (κ1) is 12.0. The van der Waals surface area contributed by atoms with Crippen molar-refractivity contribution in [1.29, 1.82) is 0 Å². The predicted molar refractivity (Wildman–Crippen MR) is 72.3 cm³/mol. The number of nitrogen functional groups attached to an aromatic ring is 1. The average Bonchev–Trinajstić information content (AvgIpc) is 2.85. The highest BCUT2D eigenvalue weighted by Crippen LogP contribution is 2.32. The summed E-state index contributed by atoms with van der Waals surface area (Å²) in [7, 11) is -3.65. The van der Waals surface area contributed by atoms with Crippen LogP contribution in [0.25, 0.3) is 0 Å². The molecule has 3 rings (SSSR count). The third kappa shape index (κ3) is 1.86. The van der Waals surface area contributed by atoms with Crippen LogP contribution in [0, 0.1) is 0 Å². The normalized spacial score (nSPS) is 15.3. The van der Waals surface area contributed by atoms with Gasteiger partial charge in [-0.3, -0.25) is 9.40 Å². The number of benzene rings is 1. The molecule has 1 aromatic heterocycles. The van der Waals surface area contributed by atoms with Crippen LogP contribution in [0.2, 0.25) is 0 Å². The van der Waals surface area contributed by atoms with Crippen LogP contribution >= 0.6 is 0 Å². The second-order valence-corrected chi connectivity index (χ2v) is 6.29. The molecular weight excluding hydrogens is 264 g/mol. The summed E-state index contributed by atoms with van der Waals surface area (Å²) >= 11 is 0. The summed E-state index contributed by atoms with van der Waals surface area (Å²) in [5.41, 5.74) is 7.40. The Bertz CT molecular complexity index is 708. The van der Waals surface area contributed by atoms with Crippen molar-refractivity contribution >= 4 is 21.5 Å². The molecule has 0 bridgehead atoms. The number of nitrogens with zero attached hydrogens (tertiary/aromatic N) is 2. The third-order valence-electron chi connectivity index (χ3n) is 3.27. The molecule has 0 unspecified atom stereocenters. The van der Waals surface area contributed by atoms with Crippen molar-refractivity contribution < 1.29 is 8.42 Å². The number of hydrogen-bond acceptors (Lipinski definition) is 4. The zero-order valence-corrected chi connectivity index (χ0v) is 11.0. The average molecular weight is 278 g/mol. The number of hydrogen-bond donors (Lipinski definition) is 2. The molecule has 2 aromatic rings. The predicted octanol–water partition coefficient (Wildman–Crippen LogP) is 1.13. The summed E-state index contributed by atoms with van der Waals surface area (Å²) in [6, 6.07) is 7.53. The largest absolute Gasteiger partial charge is 0.383 e. The number of H-pyrrole nitrogens is 1. The van der Waals surface area contributed by atoms with E-state index < -0.39 is 10.0 Å². The molecule has 2 heterocycles. The SMILES string of the molecule is Nc1[nH]ncc1S(=O)(=O)N1CCCc2ccccc21. The van der Waals surface area contributed by atoms with Crippen molar-refractivity contribution in [3.63, 3.8) is 0 Å². The Labute approximate surface area is 111 Å². The van der Waals surface area contributed by atoms with E-state index in [1.54, 1.807) is 0 Å². The minimum absolute atomic E-state index is 0.0317. The van der Waals surface area contributed by atoms with Gasteiger partial charge in [-0.2, -0.15) is 5.10 Å². The standard InChI is InChI=1S/C12H14N4O2S/c13-12-11(8-14-15-12)19(17,18)16-7-3-5-9-4-1-2-6-10(9)16/h1-2,4,6,8H,3,5,7H2,(H3,13,14,15). The van der Waals surface area contributed by atoms with Gasteiger partial charge in [-0.15, -0.1) is 0 Å². The molecule has 3 N–H and O–H groups in total. The molecule has 0 aliphatic carbocycles. The second kappa shape index (κ2) is 4.27. The smallest absolute Gasteiger partial charge is 0.269 e. The first-order chi connectivity index (χ1) is 9.10. The summed E-state index contributed by atoms with van der Waals surface area (Å²) in [4.78, 5) is 0.0317. The maximum Gasteiger partial charge on any atom is 0.269 e. The summed E-state index contributed by atoms with van der Waals surface area (Å²) in [5.74, 6) is 0.0723. The van der Waals surface area contributed by atoms with E-state index in [0.717, 1.165) is 24.1 Å². The van der Waals surface area contributed by atoms with Crippen LogP contribution in [0.4, 0.5) is 11.5 Å². The Kier molecular flexibility index (Phi) is 2.70. The summed E-state index contributed by atoms with van der Waals surface area (Å²) in [5, 5.41) is 6.14. The van der Waals surface area contributed by atoms with E-state index in [1.807, 2.05) is 24.3 Å². The number of anilines is 2. The summed E-state index contributed by atoms with van der Waals surface area (Å²) in [6.45, 7) is 0.462. The number of aromatic nitrogens is 2. The Balaban J connectivity index is 2.12. The quantitative estimate of drug-likeness (QED) is 0.861. The lowest BCUT2D eigenvalue weighted by Gasteiger charge is -2.30. The van der Waals surface area contributed by atoms with Crippen molar-refractivity contribution in [3.05, 3.63) is 36.0 Å². The van der Waals surface area contributed by atoms with Crippen molar-refractivity contribution in [2.24, 2.45) is 0 Å². The fourth-order valence-corrected chi connectivity index (χ4v) is 3.91. The van der Waals surface area contributed by atoms with Gasteiger partial charge in [-0.25, -0.2) is 8.42 Å². The highest BCUT2D eigenvalue weighted by atomic mass is 32.2. The number of nitrogens with one attached hydrogen (secondary N) is 1. The molecule has 0 spiro atoms. The van der Waals surface area contributed by atoms with E-state index in [0.29, 0.717) is 6.54 Å². The van der Waals surface area contributed by atoms with Gasteiger partial charge in [0.25, 0.3) is 10.0 Å². The summed E-state index contributed by atoms with van der Waals surface area (Å²) in [6.07, 6.45) is 2.94. The fraction of sp³-hybridized carbons (Fsp3) is 0.250. The van der Waals surface area contributed by atoms with E-state index in [4.69, 9.17) is 5.73 Å². The highest BCUT2D eigenvalue weighted by Gasteiger charge is 2.31. The minimum atomic E-state index is -3.65. The first-order valence-corrected chi connectivity index (χ1v) is 7.44. The van der Waals surface area contributed by atoms with Gasteiger partial charge in [0, 0.05) is 6.54 Å². The minimum Gasteiger partial charge on any atom is -0.383 e. The summed E-state index contributed by atoms with van der Waals surface area (Å²) < 4.78 is 26.6. The molecule has 7 heteroatoms. The van der Waals surface area contributed by atoms with Gasteiger partial charge in [0.05, 0.1) is 11.9 Å². The molecule has 0 amide bonds. The Morgan fingerprint density at radius 1 is 1.32 bits per heavy atom. The van der Waals surface area contributed by atoms with E-state index in [-0.39, 0.29) is 10.7 Å². The second-order valence-electron chi connectivity index (χ2n) is 4.46.